The Kier molecular flexibility index (Phi) is 5.61. The fourth-order valence-corrected chi connectivity index (χ4v) is 3.11. The predicted molar refractivity (Wildman–Crippen MR) is 88.3 cm³/mol. The Morgan fingerprint density at radius 1 is 1.45 bits per heavy atom. The second-order valence-electron chi connectivity index (χ2n) is 6.67. The number of rotatable bonds is 4. The van der Waals surface area contributed by atoms with Crippen molar-refractivity contribution in [1.29, 1.82) is 0 Å². The molecular weight excluding hydrogens is 300 g/mol. The van der Waals surface area contributed by atoms with Crippen LogP contribution in [0, 0.1) is 5.92 Å². The summed E-state index contributed by atoms with van der Waals surface area (Å²) in [6.07, 6.45) is 2.84. The van der Waals surface area contributed by atoms with Crippen LogP contribution in [0.4, 0.5) is 9.93 Å². The number of carbonyl (C=O) groups is 1. The van der Waals surface area contributed by atoms with Gasteiger partial charge in [-0.3, -0.25) is 0 Å². The Morgan fingerprint density at radius 3 is 2.86 bits per heavy atom. The van der Waals surface area contributed by atoms with E-state index in [9.17, 15) is 4.79 Å². The molecule has 2 heterocycles. The summed E-state index contributed by atoms with van der Waals surface area (Å²) >= 11 is 1.60. The van der Waals surface area contributed by atoms with E-state index in [2.05, 4.69) is 22.4 Å². The molecule has 0 spiro atoms. The number of nitrogens with one attached hydrogen (secondary N) is 1. The third kappa shape index (κ3) is 5.12. The number of aromatic nitrogens is 2. The molecule has 1 unspecified atom stereocenters. The highest BCUT2D eigenvalue weighted by Gasteiger charge is 2.27. The van der Waals surface area contributed by atoms with E-state index in [0.29, 0.717) is 5.92 Å². The first-order valence-corrected chi connectivity index (χ1v) is 8.73. The van der Waals surface area contributed by atoms with Crippen LogP contribution in [0.1, 0.15) is 45.5 Å². The third-order valence-corrected chi connectivity index (χ3v) is 4.51. The lowest BCUT2D eigenvalue weighted by Crippen LogP contribution is -2.44. The van der Waals surface area contributed by atoms with Crippen LogP contribution < -0.4 is 5.32 Å². The van der Waals surface area contributed by atoms with Crippen molar-refractivity contribution in [2.45, 2.75) is 52.6 Å². The van der Waals surface area contributed by atoms with Gasteiger partial charge in [0.05, 0.1) is 0 Å². The predicted octanol–water partition coefficient (Wildman–Crippen LogP) is 3.16. The van der Waals surface area contributed by atoms with Gasteiger partial charge in [-0.2, -0.15) is 0 Å². The van der Waals surface area contributed by atoms with Gasteiger partial charge in [0.15, 0.2) is 0 Å². The molecule has 6 nitrogen and oxygen atoms in total. The van der Waals surface area contributed by atoms with Gasteiger partial charge in [-0.1, -0.05) is 18.3 Å². The van der Waals surface area contributed by atoms with Crippen molar-refractivity contribution in [3.05, 3.63) is 5.01 Å². The maximum Gasteiger partial charge on any atom is 0.410 e. The Morgan fingerprint density at radius 2 is 2.23 bits per heavy atom. The summed E-state index contributed by atoms with van der Waals surface area (Å²) in [4.78, 5) is 14.0. The number of ether oxygens (including phenoxy) is 1. The van der Waals surface area contributed by atoms with Crippen molar-refractivity contribution in [2.24, 2.45) is 5.92 Å². The molecule has 1 aliphatic rings. The van der Waals surface area contributed by atoms with Gasteiger partial charge in [0.25, 0.3) is 0 Å². The average molecular weight is 326 g/mol. The zero-order chi connectivity index (χ0) is 16.2. The summed E-state index contributed by atoms with van der Waals surface area (Å²) in [5.41, 5.74) is -0.439. The lowest BCUT2D eigenvalue weighted by molar-refractivity contribution is 0.0172. The molecule has 1 fully saturated rings. The Balaban J connectivity index is 1.81. The van der Waals surface area contributed by atoms with Crippen LogP contribution in [-0.4, -0.2) is 46.4 Å². The maximum absolute atomic E-state index is 12.1. The molecule has 0 saturated carbocycles. The monoisotopic (exact) mass is 326 g/mol. The topological polar surface area (TPSA) is 67.4 Å². The summed E-state index contributed by atoms with van der Waals surface area (Å²) in [6.45, 7) is 10.1. The minimum atomic E-state index is -0.439. The van der Waals surface area contributed by atoms with Crippen molar-refractivity contribution in [2.75, 3.05) is 25.0 Å². The largest absolute Gasteiger partial charge is 0.444 e. The van der Waals surface area contributed by atoms with Gasteiger partial charge in [-0.25, -0.2) is 4.79 Å². The number of anilines is 1. The summed E-state index contributed by atoms with van der Waals surface area (Å²) in [7, 11) is 0. The highest BCUT2D eigenvalue weighted by atomic mass is 32.1. The normalized spacial score (nSPS) is 19.1. The zero-order valence-corrected chi connectivity index (χ0v) is 14.7. The van der Waals surface area contributed by atoms with Gasteiger partial charge in [0.1, 0.15) is 10.6 Å². The molecule has 1 aliphatic heterocycles. The van der Waals surface area contributed by atoms with Crippen LogP contribution in [0.2, 0.25) is 0 Å². The number of carbonyl (C=O) groups excluding carboxylic acids is 1. The van der Waals surface area contributed by atoms with Crippen LogP contribution in [0.25, 0.3) is 0 Å². The van der Waals surface area contributed by atoms with Crippen molar-refractivity contribution >= 4 is 22.6 Å². The lowest BCUT2D eigenvalue weighted by Gasteiger charge is -2.34. The van der Waals surface area contributed by atoms with Gasteiger partial charge in [0.2, 0.25) is 5.13 Å². The highest BCUT2D eigenvalue weighted by molar-refractivity contribution is 7.15. The quantitative estimate of drug-likeness (QED) is 0.920. The van der Waals surface area contributed by atoms with Gasteiger partial charge < -0.3 is 15.0 Å². The lowest BCUT2D eigenvalue weighted by atomic mass is 9.98. The fraction of sp³-hybridized carbons (Fsp3) is 0.800. The molecule has 1 amide bonds. The van der Waals surface area contributed by atoms with Crippen molar-refractivity contribution in [3.8, 4) is 0 Å². The van der Waals surface area contributed by atoms with Crippen molar-refractivity contribution in [1.82, 2.24) is 15.1 Å². The van der Waals surface area contributed by atoms with Crippen LogP contribution in [0.3, 0.4) is 0 Å². The van der Waals surface area contributed by atoms with Crippen LogP contribution >= 0.6 is 11.3 Å². The second kappa shape index (κ2) is 7.26. The van der Waals surface area contributed by atoms with Crippen LogP contribution in [-0.2, 0) is 11.2 Å². The molecule has 2 rings (SSSR count). The molecule has 22 heavy (non-hydrogen) atoms. The maximum atomic E-state index is 12.1. The van der Waals surface area contributed by atoms with Gasteiger partial charge >= 0.3 is 6.09 Å². The van der Waals surface area contributed by atoms with Crippen molar-refractivity contribution in [3.63, 3.8) is 0 Å². The third-order valence-electron chi connectivity index (χ3n) is 3.48. The molecule has 1 aromatic rings. The van der Waals surface area contributed by atoms with Gasteiger partial charge in [0, 0.05) is 19.6 Å². The van der Waals surface area contributed by atoms with E-state index in [1.807, 2.05) is 25.7 Å². The Hall–Kier alpha value is -1.37. The molecule has 0 aliphatic carbocycles. The molecule has 0 aromatic carbocycles. The summed E-state index contributed by atoms with van der Waals surface area (Å²) in [5, 5.41) is 13.5. The van der Waals surface area contributed by atoms with E-state index in [1.54, 1.807) is 11.3 Å². The molecule has 1 saturated heterocycles. The van der Waals surface area contributed by atoms with Crippen molar-refractivity contribution < 1.29 is 9.53 Å². The molecule has 7 heteroatoms. The molecule has 0 radical (unpaired) electrons. The summed E-state index contributed by atoms with van der Waals surface area (Å²) < 4.78 is 5.45. The van der Waals surface area contributed by atoms with E-state index in [-0.39, 0.29) is 6.09 Å². The van der Waals surface area contributed by atoms with Crippen LogP contribution in [0.15, 0.2) is 0 Å². The van der Waals surface area contributed by atoms with Gasteiger partial charge in [-0.15, -0.1) is 10.2 Å². The van der Waals surface area contributed by atoms with E-state index in [4.69, 9.17) is 4.74 Å². The van der Waals surface area contributed by atoms with E-state index < -0.39 is 5.60 Å². The number of hydrogen-bond donors (Lipinski definition) is 1. The number of nitrogens with zero attached hydrogens (tertiary/aromatic N) is 3. The first-order chi connectivity index (χ1) is 10.4. The number of piperidine rings is 1. The smallest absolute Gasteiger partial charge is 0.410 e. The van der Waals surface area contributed by atoms with E-state index >= 15 is 0 Å². The standard InChI is InChI=1S/C15H26N4O2S/c1-5-12-17-18-13(22-12)16-9-11-7-6-8-19(10-11)14(20)21-15(2,3)4/h11H,5-10H2,1-4H3,(H,16,18). The summed E-state index contributed by atoms with van der Waals surface area (Å²) in [6, 6.07) is 0. The van der Waals surface area contributed by atoms with Crippen LogP contribution in [0.5, 0.6) is 0 Å². The zero-order valence-electron chi connectivity index (χ0n) is 13.9. The SMILES string of the molecule is CCc1nnc(NCC2CCCN(C(=O)OC(C)(C)C)C2)s1. The molecular formula is C15H26N4O2S. The van der Waals surface area contributed by atoms with E-state index in [0.717, 1.165) is 49.0 Å². The number of likely N-dealkylation sites (tertiary alicyclic amines) is 1. The van der Waals surface area contributed by atoms with Gasteiger partial charge in [-0.05, 0) is 46.0 Å². The second-order valence-corrected chi connectivity index (χ2v) is 7.73. The number of aryl methyl sites for hydroxylation is 1. The molecule has 1 N–H and O–H groups in total. The molecule has 124 valence electrons. The molecule has 1 aromatic heterocycles. The summed E-state index contributed by atoms with van der Waals surface area (Å²) in [5.74, 6) is 0.426. The minimum absolute atomic E-state index is 0.207. The first-order valence-electron chi connectivity index (χ1n) is 7.91. The Bertz CT molecular complexity index is 498. The average Bonchev–Trinajstić information content (AvgIpc) is 2.92. The highest BCUT2D eigenvalue weighted by Crippen LogP contribution is 2.21. The molecule has 0 bridgehead atoms. The molecule has 1 atom stereocenters. The number of hydrogen-bond acceptors (Lipinski definition) is 6. The van der Waals surface area contributed by atoms with E-state index in [1.165, 1.54) is 0 Å². The minimum Gasteiger partial charge on any atom is -0.444 e. The first kappa shape index (κ1) is 17.0. The fourth-order valence-electron chi connectivity index (χ4n) is 2.42. The Labute approximate surface area is 136 Å². The number of amides is 1.